The molecule has 1 saturated carbocycles. The topological polar surface area (TPSA) is 108 Å². The van der Waals surface area contributed by atoms with Crippen molar-refractivity contribution in [1.82, 2.24) is 4.90 Å². The molecule has 10 heteroatoms. The maximum Gasteiger partial charge on any atom is 0.321 e. The number of piperidine rings is 1. The summed E-state index contributed by atoms with van der Waals surface area (Å²) in [7, 11) is 0. The zero-order valence-electron chi connectivity index (χ0n) is 23.5. The summed E-state index contributed by atoms with van der Waals surface area (Å²) in [6, 6.07) is 13.8. The first-order valence-corrected chi connectivity index (χ1v) is 14.0. The number of nitrogens with one attached hydrogen (secondary N) is 1. The van der Waals surface area contributed by atoms with Gasteiger partial charge in [0.15, 0.2) is 0 Å². The molecule has 42 heavy (non-hydrogen) atoms. The number of carboxylic acid groups (broad SMARTS) is 1. The fraction of sp³-hybridized carbons (Fsp3) is 0.375. The van der Waals surface area contributed by atoms with E-state index in [9.17, 15) is 28.6 Å². The molecule has 8 nitrogen and oxygen atoms in total. The Bertz CT molecular complexity index is 1460. The number of benzene rings is 3. The van der Waals surface area contributed by atoms with E-state index in [1.165, 1.54) is 42.5 Å². The molecule has 2 fully saturated rings. The van der Waals surface area contributed by atoms with E-state index in [1.807, 2.05) is 0 Å². The first-order valence-electron chi connectivity index (χ1n) is 14.0. The predicted octanol–water partition coefficient (Wildman–Crippen LogP) is 7.07. The van der Waals surface area contributed by atoms with Gasteiger partial charge >= 0.3 is 12.0 Å². The highest BCUT2D eigenvalue weighted by Gasteiger charge is 2.53. The van der Waals surface area contributed by atoms with E-state index in [1.54, 1.807) is 17.0 Å². The highest BCUT2D eigenvalue weighted by molar-refractivity contribution is 5.90. The third-order valence-electron chi connectivity index (χ3n) is 7.80. The number of rotatable bonds is 9. The number of hydrogen-bond acceptors (Lipinski definition) is 5. The summed E-state index contributed by atoms with van der Waals surface area (Å²) < 4.78 is 40.1. The molecular weight excluding hydrogens is 546 g/mol. The first-order chi connectivity index (χ1) is 19.9. The molecule has 3 N–H and O–H groups in total. The van der Waals surface area contributed by atoms with Gasteiger partial charge in [0, 0.05) is 48.6 Å². The van der Waals surface area contributed by atoms with E-state index in [4.69, 9.17) is 9.47 Å². The van der Waals surface area contributed by atoms with E-state index in [0.717, 1.165) is 6.07 Å². The summed E-state index contributed by atoms with van der Waals surface area (Å²) in [5.74, 6) is -0.827. The van der Waals surface area contributed by atoms with Crippen LogP contribution in [0.3, 0.4) is 0 Å². The quantitative estimate of drug-likeness (QED) is 0.250. The van der Waals surface area contributed by atoms with Gasteiger partial charge in [0.2, 0.25) is 0 Å². The van der Waals surface area contributed by atoms with Crippen LogP contribution in [-0.2, 0) is 10.2 Å². The molecule has 0 radical (unpaired) electrons. The van der Waals surface area contributed by atoms with Crippen molar-refractivity contribution < 1.29 is 38.1 Å². The Morgan fingerprint density at radius 3 is 2.02 bits per heavy atom. The van der Waals surface area contributed by atoms with E-state index >= 15 is 0 Å². The van der Waals surface area contributed by atoms with Crippen molar-refractivity contribution in [1.29, 1.82) is 0 Å². The summed E-state index contributed by atoms with van der Waals surface area (Å²) in [6.07, 6.45) is 2.38. The number of urea groups is 1. The van der Waals surface area contributed by atoms with Gasteiger partial charge in [0.1, 0.15) is 34.6 Å². The largest absolute Gasteiger partial charge is 0.481 e. The summed E-state index contributed by atoms with van der Waals surface area (Å²) >= 11 is 0. The molecular formula is C32H34F2N2O6. The molecule has 222 valence electrons. The summed E-state index contributed by atoms with van der Waals surface area (Å²) in [5.41, 5.74) is -1.52. The van der Waals surface area contributed by atoms with Crippen molar-refractivity contribution in [3.05, 3.63) is 77.9 Å². The molecule has 0 aromatic heterocycles. The highest BCUT2D eigenvalue weighted by Crippen LogP contribution is 2.50. The molecule has 1 heterocycles. The number of aliphatic carboxylic acids is 1. The third kappa shape index (κ3) is 6.65. The Morgan fingerprint density at radius 1 is 0.881 bits per heavy atom. The minimum Gasteiger partial charge on any atom is -0.481 e. The fourth-order valence-electron chi connectivity index (χ4n) is 5.50. The van der Waals surface area contributed by atoms with Gasteiger partial charge in [-0.05, 0) is 68.4 Å². The van der Waals surface area contributed by atoms with Crippen molar-refractivity contribution in [3.63, 3.8) is 0 Å². The Morgan fingerprint density at radius 2 is 1.48 bits per heavy atom. The van der Waals surface area contributed by atoms with E-state index in [0.29, 0.717) is 62.5 Å². The molecule has 0 bridgehead atoms. The number of nitrogens with zero attached hydrogens (tertiary/aromatic N) is 1. The minimum absolute atomic E-state index is 0.116. The second kappa shape index (κ2) is 11.6. The van der Waals surface area contributed by atoms with Gasteiger partial charge in [-0.1, -0.05) is 19.9 Å². The van der Waals surface area contributed by atoms with Crippen LogP contribution in [0.25, 0.3) is 0 Å². The summed E-state index contributed by atoms with van der Waals surface area (Å²) in [4.78, 5) is 26.4. The minimum atomic E-state index is -1.19. The van der Waals surface area contributed by atoms with Gasteiger partial charge in [-0.15, -0.1) is 0 Å². The molecule has 1 aliphatic carbocycles. The molecule has 2 amide bonds. The van der Waals surface area contributed by atoms with Gasteiger partial charge < -0.3 is 29.9 Å². The standard InChI is InChI=1S/C32H34F2N2O6/c1-20(2)19-31(40)11-13-36(14-12-31)30(39)35-22-15-25(41-23-5-3-21(33)4-6-23)17-26(16-22)42-24-7-8-27(28(34)18-24)32(9-10-32)29(37)38/h3-8,15-18,20,40H,9-14,19H2,1-2H3,(H,35,39)(H,37,38). The molecule has 3 aromatic carbocycles. The van der Waals surface area contributed by atoms with Gasteiger partial charge in [-0.2, -0.15) is 0 Å². The average Bonchev–Trinajstić information content (AvgIpc) is 3.72. The number of hydrogen-bond donors (Lipinski definition) is 3. The number of carboxylic acids is 1. The molecule has 0 spiro atoms. The fourth-order valence-corrected chi connectivity index (χ4v) is 5.50. The van der Waals surface area contributed by atoms with Gasteiger partial charge in [0.05, 0.1) is 11.0 Å². The second-order valence-electron chi connectivity index (χ2n) is 11.6. The van der Waals surface area contributed by atoms with Gasteiger partial charge in [-0.25, -0.2) is 13.6 Å². The monoisotopic (exact) mass is 580 g/mol. The van der Waals surface area contributed by atoms with Gasteiger partial charge in [-0.3, -0.25) is 4.79 Å². The summed E-state index contributed by atoms with van der Waals surface area (Å²) in [5, 5.41) is 23.2. The van der Waals surface area contributed by atoms with Crippen molar-refractivity contribution in [2.45, 2.75) is 57.0 Å². The molecule has 5 rings (SSSR count). The van der Waals surface area contributed by atoms with Crippen LogP contribution in [0.15, 0.2) is 60.7 Å². The van der Waals surface area contributed by atoms with Crippen molar-refractivity contribution in [2.24, 2.45) is 5.92 Å². The zero-order chi connectivity index (χ0) is 30.1. The average molecular weight is 581 g/mol. The lowest BCUT2D eigenvalue weighted by Gasteiger charge is -2.39. The van der Waals surface area contributed by atoms with Crippen molar-refractivity contribution in [2.75, 3.05) is 18.4 Å². The van der Waals surface area contributed by atoms with Crippen molar-refractivity contribution in [3.8, 4) is 23.0 Å². The second-order valence-corrected chi connectivity index (χ2v) is 11.6. The number of amides is 2. The molecule has 1 saturated heterocycles. The maximum absolute atomic E-state index is 15.0. The van der Waals surface area contributed by atoms with Gasteiger partial charge in [0.25, 0.3) is 0 Å². The lowest BCUT2D eigenvalue weighted by molar-refractivity contribution is -0.140. The van der Waals surface area contributed by atoms with Crippen LogP contribution in [0.2, 0.25) is 0 Å². The Kier molecular flexibility index (Phi) is 8.10. The van der Waals surface area contributed by atoms with E-state index in [2.05, 4.69) is 19.2 Å². The molecule has 0 atom stereocenters. The lowest BCUT2D eigenvalue weighted by Crippen LogP contribution is -2.48. The summed E-state index contributed by atoms with van der Waals surface area (Å²) in [6.45, 7) is 4.90. The molecule has 3 aromatic rings. The highest BCUT2D eigenvalue weighted by atomic mass is 19.1. The predicted molar refractivity (Wildman–Crippen MR) is 152 cm³/mol. The number of carbonyl (C=O) groups is 2. The number of carbonyl (C=O) groups excluding carboxylic acids is 1. The maximum atomic E-state index is 15.0. The molecule has 0 unspecified atom stereocenters. The Labute approximate surface area is 242 Å². The SMILES string of the molecule is CC(C)CC1(O)CCN(C(=O)Nc2cc(Oc3ccc(F)cc3)cc(Oc3ccc(C4(C(=O)O)CC4)c(F)c3)c2)CC1. The van der Waals surface area contributed by atoms with Crippen LogP contribution in [0, 0.1) is 17.6 Å². The number of likely N-dealkylation sites (tertiary alicyclic amines) is 1. The number of halogens is 2. The molecule has 2 aliphatic rings. The smallest absolute Gasteiger partial charge is 0.321 e. The zero-order valence-corrected chi connectivity index (χ0v) is 23.5. The number of anilines is 1. The lowest BCUT2D eigenvalue weighted by atomic mass is 9.84. The van der Waals surface area contributed by atoms with Crippen molar-refractivity contribution >= 4 is 17.7 Å². The number of ether oxygens (including phenoxy) is 2. The molecule has 1 aliphatic heterocycles. The number of aliphatic hydroxyl groups is 1. The van der Waals surface area contributed by atoms with E-state index < -0.39 is 28.6 Å². The Balaban J connectivity index is 1.35. The Hall–Kier alpha value is -4.18. The van der Waals surface area contributed by atoms with Crippen LogP contribution in [0.5, 0.6) is 23.0 Å². The third-order valence-corrected chi connectivity index (χ3v) is 7.80. The van der Waals surface area contributed by atoms with Crippen LogP contribution < -0.4 is 14.8 Å². The van der Waals surface area contributed by atoms with E-state index in [-0.39, 0.29) is 28.8 Å². The van der Waals surface area contributed by atoms with Crippen LogP contribution >= 0.6 is 0 Å². The normalized spacial score (nSPS) is 17.0. The first kappa shape index (κ1) is 29.3. The van der Waals surface area contributed by atoms with Crippen LogP contribution in [-0.4, -0.2) is 45.8 Å². The van der Waals surface area contributed by atoms with Crippen LogP contribution in [0.4, 0.5) is 19.3 Å². The van der Waals surface area contributed by atoms with Crippen LogP contribution in [0.1, 0.15) is 51.5 Å².